The molecule has 2 aliphatic heterocycles. The van der Waals surface area contributed by atoms with Crippen LogP contribution in [0.15, 0.2) is 77.6 Å². The summed E-state index contributed by atoms with van der Waals surface area (Å²) < 4.78 is 13.2. The van der Waals surface area contributed by atoms with E-state index in [-0.39, 0.29) is 36.7 Å². The van der Waals surface area contributed by atoms with Gasteiger partial charge in [-0.25, -0.2) is 4.68 Å². The summed E-state index contributed by atoms with van der Waals surface area (Å²) in [4.78, 5) is 30.6. The summed E-state index contributed by atoms with van der Waals surface area (Å²) in [6.07, 6.45) is 5.53. The first-order valence-electron chi connectivity index (χ1n) is 14.5. The third-order valence-electron chi connectivity index (χ3n) is 7.87. The van der Waals surface area contributed by atoms with Crippen LogP contribution in [0.3, 0.4) is 0 Å². The summed E-state index contributed by atoms with van der Waals surface area (Å²) in [5.41, 5.74) is 3.97. The number of aromatic nitrogens is 3. The molecule has 2 aromatic carbocycles. The number of amides is 2. The van der Waals surface area contributed by atoms with Gasteiger partial charge in [0.2, 0.25) is 11.8 Å². The van der Waals surface area contributed by atoms with Gasteiger partial charge < -0.3 is 19.5 Å². The largest absolute Gasteiger partial charge is 0.494 e. The maximum atomic E-state index is 13.4. The number of fused-ring (bicyclic) bond motifs is 4. The molecule has 1 N–H and O–H groups in total. The molecule has 2 aromatic heterocycles. The highest BCUT2D eigenvalue weighted by Gasteiger charge is 2.35. The predicted molar refractivity (Wildman–Crippen MR) is 156 cm³/mol. The lowest BCUT2D eigenvalue weighted by molar-refractivity contribution is -0.136. The van der Waals surface area contributed by atoms with Crippen molar-refractivity contribution in [1.29, 1.82) is 0 Å². The molecule has 2 aliphatic rings. The number of hydrogen-bond donors (Lipinski definition) is 1. The summed E-state index contributed by atoms with van der Waals surface area (Å²) in [5.74, 6) is 1.09. The molecule has 10 heteroatoms. The second-order valence-electron chi connectivity index (χ2n) is 11.2. The van der Waals surface area contributed by atoms with E-state index in [1.807, 2.05) is 60.3 Å². The van der Waals surface area contributed by atoms with E-state index >= 15 is 0 Å². The topological polar surface area (TPSA) is 106 Å². The Hall–Kier alpha value is -4.44. The zero-order valence-electron chi connectivity index (χ0n) is 23.8. The Bertz CT molecular complexity index is 1520. The second kappa shape index (κ2) is 12.6. The standard InChI is InChI=1S/C32H36N6O4/c1-23-14-28(42-35-23)16-32(40)37-12-5-6-13-41-27-11-7-8-25(15-27)29-20-36(21-30(29)34-31(39)22-37)18-24-17-33-38(19-24)26-9-3-2-4-10-26/h2-4,7-11,14-15,17,19,29-30H,5-6,12-13,16,18,20-22H2,1H3,(H,34,39)/t29-,30+/m1/s1. The van der Waals surface area contributed by atoms with E-state index < -0.39 is 0 Å². The van der Waals surface area contributed by atoms with Crippen molar-refractivity contribution >= 4 is 11.8 Å². The Balaban J connectivity index is 1.19. The maximum absolute atomic E-state index is 13.4. The van der Waals surface area contributed by atoms with Gasteiger partial charge in [0.15, 0.2) is 0 Å². The maximum Gasteiger partial charge on any atom is 0.239 e. The number of ether oxygens (including phenoxy) is 1. The molecule has 0 radical (unpaired) electrons. The number of hydrogen-bond acceptors (Lipinski definition) is 7. The minimum Gasteiger partial charge on any atom is -0.494 e. The molecular weight excluding hydrogens is 532 g/mol. The van der Waals surface area contributed by atoms with Crippen LogP contribution >= 0.6 is 0 Å². The molecule has 218 valence electrons. The molecule has 42 heavy (non-hydrogen) atoms. The third-order valence-corrected chi connectivity index (χ3v) is 7.87. The third kappa shape index (κ3) is 6.71. The molecule has 6 rings (SSSR count). The fourth-order valence-corrected chi connectivity index (χ4v) is 5.83. The molecule has 0 unspecified atom stereocenters. The number of nitrogens with zero attached hydrogens (tertiary/aromatic N) is 5. The predicted octanol–water partition coefficient (Wildman–Crippen LogP) is 3.50. The number of aryl methyl sites for hydroxylation is 1. The van der Waals surface area contributed by atoms with E-state index in [9.17, 15) is 9.59 Å². The van der Waals surface area contributed by atoms with Crippen LogP contribution in [0.4, 0.5) is 0 Å². The van der Waals surface area contributed by atoms with Gasteiger partial charge in [0.25, 0.3) is 0 Å². The summed E-state index contributed by atoms with van der Waals surface area (Å²) >= 11 is 0. The van der Waals surface area contributed by atoms with Crippen LogP contribution in [0.25, 0.3) is 5.69 Å². The van der Waals surface area contributed by atoms with Crippen molar-refractivity contribution in [2.24, 2.45) is 0 Å². The summed E-state index contributed by atoms with van der Waals surface area (Å²) in [6, 6.07) is 19.9. The van der Waals surface area contributed by atoms with E-state index in [0.29, 0.717) is 32.0 Å². The fourth-order valence-electron chi connectivity index (χ4n) is 5.83. The minimum atomic E-state index is -0.157. The molecule has 0 saturated carbocycles. The molecular formula is C32H36N6O4. The Morgan fingerprint density at radius 2 is 1.95 bits per heavy atom. The summed E-state index contributed by atoms with van der Waals surface area (Å²) in [7, 11) is 0. The van der Waals surface area contributed by atoms with Crippen LogP contribution in [0.2, 0.25) is 0 Å². The molecule has 4 aromatic rings. The van der Waals surface area contributed by atoms with Crippen molar-refractivity contribution in [3.8, 4) is 11.4 Å². The average Bonchev–Trinajstić information content (AvgIpc) is 3.73. The number of carbonyl (C=O) groups excluding carboxylic acids is 2. The van der Waals surface area contributed by atoms with Gasteiger partial charge in [-0.05, 0) is 49.6 Å². The highest BCUT2D eigenvalue weighted by molar-refractivity contribution is 5.85. The van der Waals surface area contributed by atoms with Crippen molar-refractivity contribution in [2.75, 3.05) is 32.8 Å². The van der Waals surface area contributed by atoms with Crippen molar-refractivity contribution in [2.45, 2.75) is 44.7 Å². The molecule has 1 saturated heterocycles. The highest BCUT2D eigenvalue weighted by Crippen LogP contribution is 2.31. The number of benzene rings is 2. The molecule has 4 heterocycles. The normalized spacial score (nSPS) is 19.9. The van der Waals surface area contributed by atoms with Crippen molar-refractivity contribution in [3.63, 3.8) is 0 Å². The Morgan fingerprint density at radius 3 is 2.79 bits per heavy atom. The van der Waals surface area contributed by atoms with Gasteiger partial charge in [0, 0.05) is 56.0 Å². The zero-order chi connectivity index (χ0) is 28.9. The Labute approximate surface area is 245 Å². The Morgan fingerprint density at radius 1 is 1.07 bits per heavy atom. The summed E-state index contributed by atoms with van der Waals surface area (Å²) in [5, 5.41) is 11.7. The van der Waals surface area contributed by atoms with Gasteiger partial charge in [0.05, 0.1) is 37.2 Å². The van der Waals surface area contributed by atoms with Gasteiger partial charge in [0.1, 0.15) is 11.5 Å². The highest BCUT2D eigenvalue weighted by atomic mass is 16.5. The summed E-state index contributed by atoms with van der Waals surface area (Å²) in [6.45, 7) is 5.01. The number of nitrogens with one attached hydrogen (secondary N) is 1. The van der Waals surface area contributed by atoms with E-state index in [0.717, 1.165) is 47.6 Å². The van der Waals surface area contributed by atoms with Crippen LogP contribution in [0, 0.1) is 6.92 Å². The van der Waals surface area contributed by atoms with Crippen molar-refractivity contribution in [3.05, 3.63) is 95.6 Å². The molecule has 1 fully saturated rings. The zero-order valence-corrected chi connectivity index (χ0v) is 23.8. The van der Waals surface area contributed by atoms with Crippen LogP contribution in [0.1, 0.15) is 41.3 Å². The van der Waals surface area contributed by atoms with Crippen LogP contribution in [0.5, 0.6) is 5.75 Å². The van der Waals surface area contributed by atoms with Crippen LogP contribution in [-0.4, -0.2) is 75.4 Å². The molecule has 2 bridgehead atoms. The Kier molecular flexibility index (Phi) is 8.32. The first kappa shape index (κ1) is 27.7. The molecule has 0 spiro atoms. The van der Waals surface area contributed by atoms with Gasteiger partial charge in [-0.3, -0.25) is 14.5 Å². The monoisotopic (exact) mass is 568 g/mol. The lowest BCUT2D eigenvalue weighted by atomic mass is 9.94. The minimum absolute atomic E-state index is 0.0000837. The van der Waals surface area contributed by atoms with Crippen LogP contribution < -0.4 is 10.1 Å². The molecule has 2 amide bonds. The fraction of sp³-hybridized carbons (Fsp3) is 0.375. The average molecular weight is 569 g/mol. The lowest BCUT2D eigenvalue weighted by Crippen LogP contribution is -2.47. The van der Waals surface area contributed by atoms with Gasteiger partial charge >= 0.3 is 0 Å². The van der Waals surface area contributed by atoms with E-state index in [4.69, 9.17) is 9.26 Å². The van der Waals surface area contributed by atoms with Gasteiger partial charge in [-0.1, -0.05) is 35.5 Å². The smallest absolute Gasteiger partial charge is 0.239 e. The molecule has 2 atom stereocenters. The van der Waals surface area contributed by atoms with Crippen molar-refractivity contribution in [1.82, 2.24) is 30.1 Å². The quantitative estimate of drug-likeness (QED) is 0.393. The number of para-hydroxylation sites is 1. The van der Waals surface area contributed by atoms with E-state index in [1.165, 1.54) is 0 Å². The number of likely N-dealkylation sites (tertiary alicyclic amines) is 1. The van der Waals surface area contributed by atoms with E-state index in [1.54, 1.807) is 11.0 Å². The lowest BCUT2D eigenvalue weighted by Gasteiger charge is -2.26. The second-order valence-corrected chi connectivity index (χ2v) is 11.2. The first-order chi connectivity index (χ1) is 20.5. The van der Waals surface area contributed by atoms with E-state index in [2.05, 4.69) is 38.8 Å². The number of rotatable bonds is 5. The number of carbonyl (C=O) groups is 2. The SMILES string of the molecule is Cc1cc(CC(=O)N2CCCCOc3cccc(c3)[C@H]3CN(Cc4cnn(-c5ccccc5)c4)C[C@@H]3NC(=O)C2)on1. The van der Waals surface area contributed by atoms with Crippen LogP contribution in [-0.2, 0) is 22.6 Å². The molecule has 0 aliphatic carbocycles. The molecule has 10 nitrogen and oxygen atoms in total. The van der Waals surface area contributed by atoms with Gasteiger partial charge in [-0.15, -0.1) is 0 Å². The van der Waals surface area contributed by atoms with Crippen molar-refractivity contribution < 1.29 is 18.8 Å². The first-order valence-corrected chi connectivity index (χ1v) is 14.5. The van der Waals surface area contributed by atoms with Gasteiger partial charge in [-0.2, -0.15) is 5.10 Å².